The molecule has 0 bridgehead atoms. The number of aryl methyl sites for hydroxylation is 1. The van der Waals surface area contributed by atoms with Crippen LogP contribution in [0, 0.1) is 6.92 Å². The van der Waals surface area contributed by atoms with Crippen molar-refractivity contribution in [1.82, 2.24) is 9.97 Å². The molecule has 0 radical (unpaired) electrons. The van der Waals surface area contributed by atoms with Gasteiger partial charge in [-0.05, 0) is 30.2 Å². The van der Waals surface area contributed by atoms with Crippen molar-refractivity contribution in [3.63, 3.8) is 0 Å². The molecule has 6 heteroatoms. The maximum atomic E-state index is 11.3. The van der Waals surface area contributed by atoms with E-state index in [2.05, 4.69) is 16.0 Å². The van der Waals surface area contributed by atoms with Gasteiger partial charge in [0.2, 0.25) is 11.8 Å². The van der Waals surface area contributed by atoms with Crippen molar-refractivity contribution in [3.8, 4) is 17.3 Å². The highest BCUT2D eigenvalue weighted by Crippen LogP contribution is 2.23. The van der Waals surface area contributed by atoms with Crippen molar-refractivity contribution < 1.29 is 9.52 Å². The van der Waals surface area contributed by atoms with Crippen LogP contribution in [0.15, 0.2) is 69.9 Å². The number of aromatic nitrogens is 2. The zero-order valence-electron chi connectivity index (χ0n) is 15.9. The second-order valence-corrected chi connectivity index (χ2v) is 7.77. The molecule has 0 saturated heterocycles. The summed E-state index contributed by atoms with van der Waals surface area (Å²) in [5, 5.41) is 9.70. The van der Waals surface area contributed by atoms with Gasteiger partial charge in [-0.3, -0.25) is 9.78 Å². The van der Waals surface area contributed by atoms with E-state index in [9.17, 15) is 9.90 Å². The monoisotopic (exact) mass is 404 g/mol. The Morgan fingerprint density at radius 2 is 1.90 bits per heavy atom. The number of aromatic amines is 1. The highest BCUT2D eigenvalue weighted by molar-refractivity contribution is 7.09. The third kappa shape index (κ3) is 4.55. The van der Waals surface area contributed by atoms with Crippen LogP contribution in [0.4, 0.5) is 0 Å². The smallest absolute Gasteiger partial charge is 0.307 e. The molecule has 0 unspecified atom stereocenters. The highest BCUT2D eigenvalue weighted by Gasteiger charge is 2.10. The Labute approximate surface area is 172 Å². The first-order valence-electron chi connectivity index (χ1n) is 9.26. The summed E-state index contributed by atoms with van der Waals surface area (Å²) in [5.41, 5.74) is 4.01. The fourth-order valence-corrected chi connectivity index (χ4v) is 3.79. The van der Waals surface area contributed by atoms with E-state index in [1.165, 1.54) is 0 Å². The number of benzene rings is 2. The van der Waals surface area contributed by atoms with Crippen LogP contribution in [0.3, 0.4) is 0 Å². The number of H-pyrrole nitrogens is 1. The van der Waals surface area contributed by atoms with Crippen LogP contribution in [-0.4, -0.2) is 15.1 Å². The standard InChI is InChI=1S/C23H20N2O3S/c1-15-19(24-22(28-15)18-7-3-2-4-8-18)9-5-6-16-10-12-17(13-11-16)14-20-21(26)25-23(27)29-20/h2-8,10-13,26H,9,14H2,1H3,(H,25,27). The summed E-state index contributed by atoms with van der Waals surface area (Å²) in [5.74, 6) is 1.43. The molecule has 2 N–H and O–H groups in total. The minimum Gasteiger partial charge on any atom is -0.494 e. The zero-order valence-corrected chi connectivity index (χ0v) is 16.7. The first kappa shape index (κ1) is 19.0. The summed E-state index contributed by atoms with van der Waals surface area (Å²) >= 11 is 1.04. The SMILES string of the molecule is Cc1oc(-c2ccccc2)nc1CC=Cc1ccc(Cc2sc(=O)[nH]c2O)cc1. The maximum absolute atomic E-state index is 11.3. The number of aromatic hydroxyl groups is 1. The Balaban J connectivity index is 1.40. The largest absolute Gasteiger partial charge is 0.494 e. The van der Waals surface area contributed by atoms with Gasteiger partial charge in [-0.1, -0.05) is 66.0 Å². The maximum Gasteiger partial charge on any atom is 0.307 e. The predicted molar refractivity (Wildman–Crippen MR) is 115 cm³/mol. The average molecular weight is 404 g/mol. The lowest BCUT2D eigenvalue weighted by molar-refractivity contribution is 0.451. The third-order valence-corrected chi connectivity index (χ3v) is 5.45. The average Bonchev–Trinajstić information content (AvgIpc) is 3.25. The summed E-state index contributed by atoms with van der Waals surface area (Å²) in [6, 6.07) is 17.9. The van der Waals surface area contributed by atoms with Gasteiger partial charge in [-0.15, -0.1) is 0 Å². The van der Waals surface area contributed by atoms with Gasteiger partial charge < -0.3 is 9.52 Å². The molecule has 0 amide bonds. The summed E-state index contributed by atoms with van der Waals surface area (Å²) in [6.07, 6.45) is 5.33. The lowest BCUT2D eigenvalue weighted by atomic mass is 10.1. The Morgan fingerprint density at radius 3 is 2.59 bits per heavy atom. The number of hydrogen-bond donors (Lipinski definition) is 2. The van der Waals surface area contributed by atoms with Crippen molar-refractivity contribution in [2.24, 2.45) is 0 Å². The molecule has 0 spiro atoms. The van der Waals surface area contributed by atoms with Crippen molar-refractivity contribution in [2.75, 3.05) is 0 Å². The molecule has 29 heavy (non-hydrogen) atoms. The van der Waals surface area contributed by atoms with Gasteiger partial charge in [0.25, 0.3) is 0 Å². The molecule has 2 aromatic heterocycles. The summed E-state index contributed by atoms with van der Waals surface area (Å²) in [4.78, 5) is 18.7. The fourth-order valence-electron chi connectivity index (χ4n) is 3.03. The summed E-state index contributed by atoms with van der Waals surface area (Å²) < 4.78 is 5.80. The van der Waals surface area contributed by atoms with Crippen LogP contribution in [0.5, 0.6) is 5.88 Å². The molecule has 2 aromatic carbocycles. The van der Waals surface area contributed by atoms with E-state index in [1.807, 2.05) is 67.6 Å². The predicted octanol–water partition coefficient (Wildman–Crippen LogP) is 4.95. The highest BCUT2D eigenvalue weighted by atomic mass is 32.1. The van der Waals surface area contributed by atoms with Crippen molar-refractivity contribution >= 4 is 17.4 Å². The molecule has 2 heterocycles. The zero-order chi connectivity index (χ0) is 20.2. The van der Waals surface area contributed by atoms with Gasteiger partial charge in [0.1, 0.15) is 5.76 Å². The van der Waals surface area contributed by atoms with Crippen LogP contribution in [-0.2, 0) is 12.8 Å². The Kier molecular flexibility index (Phi) is 5.44. The van der Waals surface area contributed by atoms with Crippen LogP contribution in [0.1, 0.15) is 27.5 Å². The molecule has 0 aliphatic rings. The van der Waals surface area contributed by atoms with E-state index in [0.717, 1.165) is 39.5 Å². The first-order valence-corrected chi connectivity index (χ1v) is 10.1. The summed E-state index contributed by atoms with van der Waals surface area (Å²) in [7, 11) is 0. The molecular formula is C23H20N2O3S. The van der Waals surface area contributed by atoms with E-state index < -0.39 is 0 Å². The second-order valence-electron chi connectivity index (χ2n) is 6.70. The second kappa shape index (κ2) is 8.32. The fraction of sp³-hybridized carbons (Fsp3) is 0.130. The quantitative estimate of drug-likeness (QED) is 0.476. The molecule has 0 fully saturated rings. The van der Waals surface area contributed by atoms with Gasteiger partial charge in [0.15, 0.2) is 0 Å². The molecular weight excluding hydrogens is 384 g/mol. The number of oxazole rings is 1. The van der Waals surface area contributed by atoms with Crippen molar-refractivity contribution in [1.29, 1.82) is 0 Å². The topological polar surface area (TPSA) is 79.1 Å². The van der Waals surface area contributed by atoms with E-state index in [4.69, 9.17) is 4.42 Å². The minimum absolute atomic E-state index is 0.0400. The molecule has 0 aliphatic carbocycles. The van der Waals surface area contributed by atoms with Gasteiger partial charge in [-0.2, -0.15) is 0 Å². The Hall–Kier alpha value is -3.38. The lowest BCUT2D eigenvalue weighted by Crippen LogP contribution is -1.89. The van der Waals surface area contributed by atoms with Gasteiger partial charge in [0, 0.05) is 18.4 Å². The minimum atomic E-state index is -0.240. The molecule has 5 nitrogen and oxygen atoms in total. The Morgan fingerprint density at radius 1 is 1.14 bits per heavy atom. The molecule has 4 rings (SSSR count). The molecule has 0 aliphatic heterocycles. The van der Waals surface area contributed by atoms with Gasteiger partial charge in [-0.25, -0.2) is 4.98 Å². The number of thiazole rings is 1. The van der Waals surface area contributed by atoms with Crippen LogP contribution < -0.4 is 4.87 Å². The molecule has 146 valence electrons. The number of rotatable bonds is 6. The van der Waals surface area contributed by atoms with Crippen molar-refractivity contribution in [2.45, 2.75) is 19.8 Å². The van der Waals surface area contributed by atoms with Gasteiger partial charge in [0.05, 0.1) is 10.6 Å². The first-order chi connectivity index (χ1) is 14.1. The third-order valence-electron chi connectivity index (χ3n) is 4.58. The van der Waals surface area contributed by atoms with Crippen LogP contribution in [0.25, 0.3) is 17.5 Å². The molecule has 0 atom stereocenters. The van der Waals surface area contributed by atoms with E-state index >= 15 is 0 Å². The van der Waals surface area contributed by atoms with Crippen LogP contribution in [0.2, 0.25) is 0 Å². The van der Waals surface area contributed by atoms with E-state index in [0.29, 0.717) is 23.6 Å². The number of hydrogen-bond acceptors (Lipinski definition) is 5. The van der Waals surface area contributed by atoms with Gasteiger partial charge >= 0.3 is 4.87 Å². The number of nitrogens with zero attached hydrogens (tertiary/aromatic N) is 1. The molecule has 4 aromatic rings. The van der Waals surface area contributed by atoms with Crippen molar-refractivity contribution in [3.05, 3.63) is 97.8 Å². The number of allylic oxidation sites excluding steroid dienone is 1. The number of nitrogens with one attached hydrogen (secondary N) is 1. The Bertz CT molecular complexity index is 1190. The van der Waals surface area contributed by atoms with E-state index in [-0.39, 0.29) is 10.8 Å². The van der Waals surface area contributed by atoms with E-state index in [1.54, 1.807) is 0 Å². The van der Waals surface area contributed by atoms with Crippen LogP contribution >= 0.6 is 11.3 Å². The molecule has 0 saturated carbocycles. The lowest BCUT2D eigenvalue weighted by Gasteiger charge is -2.00. The summed E-state index contributed by atoms with van der Waals surface area (Å²) in [6.45, 7) is 1.93. The normalized spacial score (nSPS) is 11.3.